The average Bonchev–Trinajstić information content (AvgIpc) is 2.71. The number of hydrogen-bond acceptors (Lipinski definition) is 2. The van der Waals surface area contributed by atoms with Crippen LogP contribution in [-0.4, -0.2) is 42.8 Å². The fourth-order valence-electron chi connectivity index (χ4n) is 2.33. The van der Waals surface area contributed by atoms with Crippen LogP contribution in [-0.2, 0) is 11.5 Å². The molecule has 2 rings (SSSR count). The second kappa shape index (κ2) is 7.89. The SMILES string of the molecule is C.C[Si](C)(C)CCOCn1n[c]([Sn]([CH3])([CH3])[CH3])c2cc(Cl)ccc21.[2HH]. The van der Waals surface area contributed by atoms with E-state index in [2.05, 4.69) is 46.6 Å². The molecule has 0 spiro atoms. The Hall–Kier alpha value is -0.0444. The molecule has 2 aromatic rings. The van der Waals surface area contributed by atoms with Crippen LogP contribution in [0.5, 0.6) is 0 Å². The molecule has 23 heavy (non-hydrogen) atoms. The van der Waals surface area contributed by atoms with E-state index in [0.717, 1.165) is 17.1 Å². The molecule has 0 amide bonds. The number of aromatic nitrogens is 2. The molecule has 0 saturated heterocycles. The standard InChI is InChI=1S/C13H18ClN2OSi.CH4.3CH3.Sn.H2/c1-18(2,3)7-6-17-10-16-13-5-4-12(14)8-11(13)9-15-16;;;;;;/h4-5,8H,6-7,10H2,1-3H3;1H4;3*1H3;;1H/i;;;;;;1+1. The first-order valence-corrected chi connectivity index (χ1v) is 21.9. The van der Waals surface area contributed by atoms with Gasteiger partial charge < -0.3 is 0 Å². The second-order valence-corrected chi connectivity index (χ2v) is 28.4. The van der Waals surface area contributed by atoms with E-state index in [9.17, 15) is 0 Å². The number of benzene rings is 1. The van der Waals surface area contributed by atoms with Gasteiger partial charge in [0, 0.05) is 1.43 Å². The predicted octanol–water partition coefficient (Wildman–Crippen LogP) is 5.43. The van der Waals surface area contributed by atoms with Gasteiger partial charge in [0.15, 0.2) is 0 Å². The third-order valence-electron chi connectivity index (χ3n) is 3.63. The van der Waals surface area contributed by atoms with Crippen LogP contribution in [0.4, 0.5) is 0 Å². The van der Waals surface area contributed by atoms with E-state index in [4.69, 9.17) is 21.4 Å². The van der Waals surface area contributed by atoms with Crippen molar-refractivity contribution < 1.29 is 6.16 Å². The van der Waals surface area contributed by atoms with Gasteiger partial charge in [0.2, 0.25) is 0 Å². The zero-order valence-corrected chi connectivity index (χ0v) is 19.1. The number of ether oxygens (including phenoxy) is 1. The summed E-state index contributed by atoms with van der Waals surface area (Å²) in [6.07, 6.45) is 0. The molecule has 0 N–H and O–H groups in total. The van der Waals surface area contributed by atoms with Crippen molar-refractivity contribution >= 4 is 52.7 Å². The number of nitrogens with zero attached hydrogens (tertiary/aromatic N) is 2. The summed E-state index contributed by atoms with van der Waals surface area (Å²) in [7, 11) is -1.04. The van der Waals surface area contributed by atoms with Crippen LogP contribution in [0.15, 0.2) is 18.2 Å². The Morgan fingerprint density at radius 2 is 1.91 bits per heavy atom. The van der Waals surface area contributed by atoms with Crippen LogP contribution in [0.25, 0.3) is 10.9 Å². The summed E-state index contributed by atoms with van der Waals surface area (Å²) in [5.41, 5.74) is 1.14. The smallest absolute Gasteiger partial charge is 0 e. The van der Waals surface area contributed by atoms with Crippen molar-refractivity contribution in [1.82, 2.24) is 9.78 Å². The minimum absolute atomic E-state index is 0. The van der Waals surface area contributed by atoms with Crippen LogP contribution < -0.4 is 3.71 Å². The zero-order chi connectivity index (χ0) is 16.5. The molecule has 0 aliphatic carbocycles. The van der Waals surface area contributed by atoms with E-state index >= 15 is 0 Å². The number of fused-ring (bicyclic) bond motifs is 1. The molecule has 3 nitrogen and oxygen atoms in total. The van der Waals surface area contributed by atoms with Crippen molar-refractivity contribution in [3.63, 3.8) is 0 Å². The summed E-state index contributed by atoms with van der Waals surface area (Å²) >= 11 is 3.90. The molecule has 132 valence electrons. The number of rotatable bonds is 6. The van der Waals surface area contributed by atoms with Gasteiger partial charge in [0.05, 0.1) is 0 Å². The van der Waals surface area contributed by atoms with E-state index in [1.165, 1.54) is 15.1 Å². The van der Waals surface area contributed by atoms with E-state index in [-0.39, 0.29) is 8.85 Å². The Kier molecular flexibility index (Phi) is 7.20. The van der Waals surface area contributed by atoms with Crippen LogP contribution in [0.2, 0.25) is 45.5 Å². The third kappa shape index (κ3) is 5.76. The summed E-state index contributed by atoms with van der Waals surface area (Å²) in [5.74, 6) is 0. The molecule has 1 heterocycles. The maximum Gasteiger partial charge on any atom is 0 e. The van der Waals surface area contributed by atoms with Crippen molar-refractivity contribution in [1.29, 1.82) is 0 Å². The Morgan fingerprint density at radius 1 is 1.26 bits per heavy atom. The molecule has 6 heteroatoms. The molecule has 0 fully saturated rings. The molecule has 1 aromatic carbocycles. The predicted molar refractivity (Wildman–Crippen MR) is 111 cm³/mol. The largest absolute Gasteiger partial charge is 0 e. The van der Waals surface area contributed by atoms with Crippen molar-refractivity contribution in [3.8, 4) is 0 Å². The van der Waals surface area contributed by atoms with Crippen molar-refractivity contribution in [2.45, 2.75) is 54.7 Å². The summed E-state index contributed by atoms with van der Waals surface area (Å²) < 4.78 is 9.17. The van der Waals surface area contributed by atoms with Gasteiger partial charge in [-0.1, -0.05) is 7.43 Å². The van der Waals surface area contributed by atoms with Gasteiger partial charge in [-0.2, -0.15) is 0 Å². The van der Waals surface area contributed by atoms with Gasteiger partial charge >= 0.3 is 144 Å². The van der Waals surface area contributed by atoms with E-state index in [1.54, 1.807) is 0 Å². The Balaban J connectivity index is 0.00000264. The van der Waals surface area contributed by atoms with Crippen LogP contribution >= 0.6 is 11.6 Å². The van der Waals surface area contributed by atoms with E-state index in [1.807, 2.05) is 10.7 Å². The molecule has 0 unspecified atom stereocenters. The molecule has 1 aromatic heterocycles. The average molecular weight is 465 g/mol. The Labute approximate surface area is 152 Å². The van der Waals surface area contributed by atoms with Gasteiger partial charge in [-0.3, -0.25) is 0 Å². The minimum Gasteiger partial charge on any atom is 0 e. The zero-order valence-electron chi connectivity index (χ0n) is 14.5. The normalized spacial score (nSPS) is 12.5. The van der Waals surface area contributed by atoms with E-state index < -0.39 is 26.5 Å². The summed E-state index contributed by atoms with van der Waals surface area (Å²) in [5, 5.41) is 6.87. The third-order valence-corrected chi connectivity index (χ3v) is 10.7. The number of halogens is 1. The number of hydrogen-bond donors (Lipinski definition) is 0. The quantitative estimate of drug-likeness (QED) is 0.421. The molecule has 0 aliphatic heterocycles. The molecule has 0 saturated carbocycles. The fraction of sp³-hybridized carbons (Fsp3) is 0.588. The van der Waals surface area contributed by atoms with Gasteiger partial charge in [-0.25, -0.2) is 0 Å². The topological polar surface area (TPSA) is 27.1 Å². The van der Waals surface area contributed by atoms with Crippen molar-refractivity contribution in [3.05, 3.63) is 23.2 Å². The minimum atomic E-state index is -2.28. The van der Waals surface area contributed by atoms with Gasteiger partial charge in [0.1, 0.15) is 0 Å². The summed E-state index contributed by atoms with van der Waals surface area (Å²) in [4.78, 5) is 7.15. The molecule has 0 radical (unpaired) electrons. The van der Waals surface area contributed by atoms with Crippen molar-refractivity contribution in [2.75, 3.05) is 6.61 Å². The first-order valence-electron chi connectivity index (χ1n) is 7.82. The summed E-state index contributed by atoms with van der Waals surface area (Å²) in [6.45, 7) is 8.46. The molecule has 0 aliphatic rings. The van der Waals surface area contributed by atoms with E-state index in [0.29, 0.717) is 6.73 Å². The fourth-order valence-corrected chi connectivity index (χ4v) is 7.34. The second-order valence-electron chi connectivity index (χ2n) is 8.11. The van der Waals surface area contributed by atoms with Crippen LogP contribution in [0.3, 0.4) is 0 Å². The Morgan fingerprint density at radius 3 is 2.48 bits per heavy atom. The van der Waals surface area contributed by atoms with Crippen LogP contribution in [0.1, 0.15) is 8.85 Å². The molecule has 0 atom stereocenters. The van der Waals surface area contributed by atoms with Gasteiger partial charge in [0.25, 0.3) is 0 Å². The Bertz CT molecular complexity index is 665. The molecular weight excluding hydrogens is 430 g/mol. The van der Waals surface area contributed by atoms with Gasteiger partial charge in [-0.15, -0.1) is 0 Å². The maximum absolute atomic E-state index is 6.19. The molecule has 0 bridgehead atoms. The molecular formula is C17H33ClN2OSiSn. The van der Waals surface area contributed by atoms with Crippen molar-refractivity contribution in [2.24, 2.45) is 0 Å². The van der Waals surface area contributed by atoms with Crippen LogP contribution in [0, 0.1) is 0 Å². The monoisotopic (exact) mass is 465 g/mol. The summed E-state index contributed by atoms with van der Waals surface area (Å²) in [6, 6.07) is 7.24. The first-order chi connectivity index (χ1) is 10.1. The van der Waals surface area contributed by atoms with Gasteiger partial charge in [-0.05, 0) is 0 Å². The first kappa shape index (κ1) is 21.0. The maximum atomic E-state index is 6.19.